The molecule has 3 rings (SSSR count). The van der Waals surface area contributed by atoms with Crippen LogP contribution in [0.4, 0.5) is 0 Å². The van der Waals surface area contributed by atoms with E-state index in [-0.39, 0.29) is 24.8 Å². The lowest BCUT2D eigenvalue weighted by molar-refractivity contribution is -0.122. The average molecular weight is 388 g/mol. The molecule has 1 aliphatic rings. The standard InChI is InChI=1S/C20H24N2O4S/c1-16-5-4-8-19(13-16)26-15-20(23)21-10-12-27(24,25)22-11-9-17-6-2-3-7-18(17)14-22/h2-8,13H,9-12,14-15H2,1H3,(H,21,23). The molecule has 0 saturated heterocycles. The van der Waals surface area contributed by atoms with Crippen molar-refractivity contribution >= 4 is 15.9 Å². The lowest BCUT2D eigenvalue weighted by atomic mass is 10.0. The van der Waals surface area contributed by atoms with Crippen LogP contribution in [0.2, 0.25) is 0 Å². The van der Waals surface area contributed by atoms with Crippen molar-refractivity contribution in [3.8, 4) is 5.75 Å². The third kappa shape index (κ3) is 5.30. The second-order valence-electron chi connectivity index (χ2n) is 6.62. The molecule has 1 N–H and O–H groups in total. The number of nitrogens with zero attached hydrogens (tertiary/aromatic N) is 1. The minimum Gasteiger partial charge on any atom is -0.484 e. The van der Waals surface area contributed by atoms with E-state index in [4.69, 9.17) is 4.74 Å². The number of amides is 1. The fourth-order valence-electron chi connectivity index (χ4n) is 3.06. The Morgan fingerprint density at radius 2 is 1.93 bits per heavy atom. The highest BCUT2D eigenvalue weighted by molar-refractivity contribution is 7.89. The van der Waals surface area contributed by atoms with Crippen LogP contribution >= 0.6 is 0 Å². The average Bonchev–Trinajstić information content (AvgIpc) is 2.66. The van der Waals surface area contributed by atoms with Gasteiger partial charge in [-0.1, -0.05) is 36.4 Å². The van der Waals surface area contributed by atoms with Gasteiger partial charge in [0.2, 0.25) is 10.0 Å². The van der Waals surface area contributed by atoms with Gasteiger partial charge in [0.1, 0.15) is 5.75 Å². The third-order valence-corrected chi connectivity index (χ3v) is 6.35. The van der Waals surface area contributed by atoms with Crippen LogP contribution in [0.15, 0.2) is 48.5 Å². The van der Waals surface area contributed by atoms with E-state index in [1.165, 1.54) is 9.87 Å². The highest BCUT2D eigenvalue weighted by Gasteiger charge is 2.26. The van der Waals surface area contributed by atoms with E-state index in [1.807, 2.05) is 49.4 Å². The number of hydrogen-bond acceptors (Lipinski definition) is 4. The maximum Gasteiger partial charge on any atom is 0.257 e. The largest absolute Gasteiger partial charge is 0.484 e. The van der Waals surface area contributed by atoms with E-state index >= 15 is 0 Å². The molecule has 0 unspecified atom stereocenters. The fraction of sp³-hybridized carbons (Fsp3) is 0.350. The summed E-state index contributed by atoms with van der Waals surface area (Å²) in [6.45, 7) is 2.74. The number of aryl methyl sites for hydroxylation is 1. The predicted octanol–water partition coefficient (Wildman–Crippen LogP) is 1.88. The Labute approximate surface area is 160 Å². The SMILES string of the molecule is Cc1cccc(OCC(=O)NCCS(=O)(=O)N2CCc3ccccc3C2)c1. The molecule has 0 fully saturated rings. The first-order valence-corrected chi connectivity index (χ1v) is 10.6. The van der Waals surface area contributed by atoms with Gasteiger partial charge in [-0.05, 0) is 42.2 Å². The number of hydrogen-bond donors (Lipinski definition) is 1. The number of benzene rings is 2. The van der Waals surface area contributed by atoms with Crippen LogP contribution in [0.1, 0.15) is 16.7 Å². The number of ether oxygens (including phenoxy) is 1. The van der Waals surface area contributed by atoms with Crippen molar-refractivity contribution in [3.05, 3.63) is 65.2 Å². The zero-order valence-corrected chi connectivity index (χ0v) is 16.2. The second kappa shape index (κ2) is 8.54. The zero-order chi connectivity index (χ0) is 19.3. The number of fused-ring (bicyclic) bond motifs is 1. The monoisotopic (exact) mass is 388 g/mol. The van der Waals surface area contributed by atoms with E-state index in [0.29, 0.717) is 25.3 Å². The van der Waals surface area contributed by atoms with Crippen LogP contribution in [0, 0.1) is 6.92 Å². The lowest BCUT2D eigenvalue weighted by Gasteiger charge is -2.28. The summed E-state index contributed by atoms with van der Waals surface area (Å²) in [6.07, 6.45) is 0.714. The molecule has 0 saturated carbocycles. The molecule has 2 aromatic carbocycles. The Morgan fingerprint density at radius 3 is 2.70 bits per heavy atom. The molecule has 0 aromatic heterocycles. The predicted molar refractivity (Wildman–Crippen MR) is 104 cm³/mol. The van der Waals surface area contributed by atoms with Crippen LogP contribution in [0.5, 0.6) is 5.75 Å². The third-order valence-electron chi connectivity index (χ3n) is 4.53. The van der Waals surface area contributed by atoms with Gasteiger partial charge in [0.25, 0.3) is 5.91 Å². The van der Waals surface area contributed by atoms with Crippen LogP contribution in [0.25, 0.3) is 0 Å². The molecular weight excluding hydrogens is 364 g/mol. The Hall–Kier alpha value is -2.38. The van der Waals surface area contributed by atoms with Crippen LogP contribution < -0.4 is 10.1 Å². The summed E-state index contributed by atoms with van der Waals surface area (Å²) in [6, 6.07) is 15.3. The summed E-state index contributed by atoms with van der Waals surface area (Å²) in [7, 11) is -3.42. The molecule has 0 radical (unpaired) electrons. The highest BCUT2D eigenvalue weighted by Crippen LogP contribution is 2.20. The number of carbonyl (C=O) groups is 1. The molecule has 1 heterocycles. The van der Waals surface area contributed by atoms with Gasteiger partial charge < -0.3 is 10.1 Å². The van der Waals surface area contributed by atoms with E-state index in [0.717, 1.165) is 11.1 Å². The van der Waals surface area contributed by atoms with Gasteiger partial charge in [0.05, 0.1) is 5.75 Å². The second-order valence-corrected chi connectivity index (χ2v) is 8.71. The van der Waals surface area contributed by atoms with E-state index in [2.05, 4.69) is 5.32 Å². The Balaban J connectivity index is 1.44. The Bertz CT molecular complexity index is 912. The smallest absolute Gasteiger partial charge is 0.257 e. The van der Waals surface area contributed by atoms with Gasteiger partial charge >= 0.3 is 0 Å². The first-order valence-electron chi connectivity index (χ1n) is 8.95. The van der Waals surface area contributed by atoms with Crippen molar-refractivity contribution < 1.29 is 17.9 Å². The quantitative estimate of drug-likeness (QED) is 0.786. The molecular formula is C20H24N2O4S. The summed E-state index contributed by atoms with van der Waals surface area (Å²) in [4.78, 5) is 11.9. The van der Waals surface area contributed by atoms with Crippen LogP contribution in [0.3, 0.4) is 0 Å². The number of rotatable bonds is 7. The molecule has 2 aromatic rings. The summed E-state index contributed by atoms with van der Waals surface area (Å²) in [5.41, 5.74) is 3.29. The minimum atomic E-state index is -3.42. The maximum atomic E-state index is 12.5. The fourth-order valence-corrected chi connectivity index (χ4v) is 4.38. The molecule has 144 valence electrons. The van der Waals surface area contributed by atoms with Gasteiger partial charge in [-0.2, -0.15) is 4.31 Å². The lowest BCUT2D eigenvalue weighted by Crippen LogP contribution is -2.41. The summed E-state index contributed by atoms with van der Waals surface area (Å²) in [5.74, 6) is 0.159. The Morgan fingerprint density at radius 1 is 1.15 bits per heavy atom. The Kier molecular flexibility index (Phi) is 6.13. The highest BCUT2D eigenvalue weighted by atomic mass is 32.2. The molecule has 7 heteroatoms. The van der Waals surface area contributed by atoms with Crippen molar-refractivity contribution in [1.82, 2.24) is 9.62 Å². The van der Waals surface area contributed by atoms with E-state index in [1.54, 1.807) is 6.07 Å². The van der Waals surface area contributed by atoms with Gasteiger partial charge in [0.15, 0.2) is 6.61 Å². The molecule has 1 aliphatic heterocycles. The topological polar surface area (TPSA) is 75.7 Å². The number of sulfonamides is 1. The maximum absolute atomic E-state index is 12.5. The number of nitrogens with one attached hydrogen (secondary N) is 1. The molecule has 1 amide bonds. The first-order chi connectivity index (χ1) is 12.9. The van der Waals surface area contributed by atoms with Crippen molar-refractivity contribution in [3.63, 3.8) is 0 Å². The molecule has 0 aliphatic carbocycles. The molecule has 0 atom stereocenters. The van der Waals surface area contributed by atoms with Crippen molar-refractivity contribution in [2.24, 2.45) is 0 Å². The first kappa shape index (κ1) is 19.4. The molecule has 6 nitrogen and oxygen atoms in total. The van der Waals surface area contributed by atoms with Gasteiger partial charge in [-0.15, -0.1) is 0 Å². The van der Waals surface area contributed by atoms with Crippen molar-refractivity contribution in [2.45, 2.75) is 19.9 Å². The van der Waals surface area contributed by atoms with Gasteiger partial charge in [0, 0.05) is 19.6 Å². The molecule has 0 bridgehead atoms. The molecule has 27 heavy (non-hydrogen) atoms. The summed E-state index contributed by atoms with van der Waals surface area (Å²) >= 11 is 0. The number of carbonyl (C=O) groups excluding carboxylic acids is 1. The van der Waals surface area contributed by atoms with Gasteiger partial charge in [-0.3, -0.25) is 4.79 Å². The van der Waals surface area contributed by atoms with E-state index < -0.39 is 10.0 Å². The van der Waals surface area contributed by atoms with Crippen molar-refractivity contribution in [1.29, 1.82) is 0 Å². The van der Waals surface area contributed by atoms with Gasteiger partial charge in [-0.25, -0.2) is 8.42 Å². The molecule has 0 spiro atoms. The van der Waals surface area contributed by atoms with Crippen LogP contribution in [-0.2, 0) is 27.8 Å². The minimum absolute atomic E-state index is 0.0660. The summed E-state index contributed by atoms with van der Waals surface area (Å²) in [5, 5.41) is 2.61. The zero-order valence-electron chi connectivity index (χ0n) is 15.3. The van der Waals surface area contributed by atoms with Crippen LogP contribution in [-0.4, -0.2) is 44.1 Å². The summed E-state index contributed by atoms with van der Waals surface area (Å²) < 4.78 is 32.0. The van der Waals surface area contributed by atoms with Crippen molar-refractivity contribution in [2.75, 3.05) is 25.4 Å². The van der Waals surface area contributed by atoms with E-state index in [9.17, 15) is 13.2 Å². The normalized spacial score (nSPS) is 14.4.